The van der Waals surface area contributed by atoms with Gasteiger partial charge in [0.15, 0.2) is 11.5 Å². The van der Waals surface area contributed by atoms with Crippen molar-refractivity contribution in [2.75, 3.05) is 19.5 Å². The van der Waals surface area contributed by atoms with Crippen LogP contribution in [0.3, 0.4) is 0 Å². The lowest BCUT2D eigenvalue weighted by atomic mass is 10.2. The molecular weight excluding hydrogens is 305 g/mol. The first-order valence-corrected chi connectivity index (χ1v) is 6.28. The zero-order valence-electron chi connectivity index (χ0n) is 10.7. The molecule has 0 saturated carbocycles. The Bertz CT molecular complexity index is 639. The van der Waals surface area contributed by atoms with Crippen LogP contribution < -0.4 is 14.8 Å². The number of amides is 1. The minimum Gasteiger partial charge on any atom is -0.493 e. The van der Waals surface area contributed by atoms with Crippen LogP contribution in [-0.2, 0) is 0 Å². The van der Waals surface area contributed by atoms with Crippen LogP contribution in [0.15, 0.2) is 28.9 Å². The third-order valence-electron chi connectivity index (χ3n) is 2.58. The molecule has 106 valence electrons. The molecule has 0 aliphatic rings. The van der Waals surface area contributed by atoms with Crippen LogP contribution in [0.2, 0.25) is 10.2 Å². The maximum atomic E-state index is 12.0. The molecule has 0 fully saturated rings. The normalized spacial score (nSPS) is 10.2. The first kappa shape index (κ1) is 14.6. The van der Waals surface area contributed by atoms with E-state index in [0.29, 0.717) is 22.2 Å². The van der Waals surface area contributed by atoms with Crippen LogP contribution in [0.1, 0.15) is 10.4 Å². The Kier molecular flexibility index (Phi) is 4.42. The van der Waals surface area contributed by atoms with Gasteiger partial charge in [0.25, 0.3) is 5.91 Å². The largest absolute Gasteiger partial charge is 0.493 e. The second-order valence-corrected chi connectivity index (χ2v) is 4.50. The highest BCUT2D eigenvalue weighted by Crippen LogP contribution is 2.36. The van der Waals surface area contributed by atoms with Gasteiger partial charge in [-0.3, -0.25) is 4.79 Å². The first-order chi connectivity index (χ1) is 9.56. The summed E-state index contributed by atoms with van der Waals surface area (Å²) >= 11 is 11.8. The van der Waals surface area contributed by atoms with Gasteiger partial charge in [0.05, 0.1) is 36.8 Å². The number of ether oxygens (including phenoxy) is 2. The minimum absolute atomic E-state index is 0.0131. The number of hydrogen-bond donors (Lipinski definition) is 1. The molecule has 2 aromatic rings. The van der Waals surface area contributed by atoms with E-state index in [4.69, 9.17) is 37.1 Å². The zero-order chi connectivity index (χ0) is 14.7. The Hall–Kier alpha value is -1.85. The number of furan rings is 1. The molecule has 0 aliphatic heterocycles. The summed E-state index contributed by atoms with van der Waals surface area (Å²) in [5, 5.41) is 2.96. The van der Waals surface area contributed by atoms with E-state index >= 15 is 0 Å². The van der Waals surface area contributed by atoms with Crippen LogP contribution in [0.5, 0.6) is 11.5 Å². The van der Waals surface area contributed by atoms with E-state index in [9.17, 15) is 4.79 Å². The fourth-order valence-corrected chi connectivity index (χ4v) is 2.00. The third-order valence-corrected chi connectivity index (χ3v) is 3.19. The second kappa shape index (κ2) is 6.07. The lowest BCUT2D eigenvalue weighted by Crippen LogP contribution is -2.12. The molecule has 0 radical (unpaired) electrons. The number of nitrogens with one attached hydrogen (secondary N) is 1. The van der Waals surface area contributed by atoms with Crippen molar-refractivity contribution in [1.82, 2.24) is 0 Å². The molecule has 0 aliphatic carbocycles. The van der Waals surface area contributed by atoms with Crippen LogP contribution in [0.25, 0.3) is 0 Å². The Labute approximate surface area is 125 Å². The highest BCUT2D eigenvalue weighted by atomic mass is 35.5. The third kappa shape index (κ3) is 2.84. The van der Waals surface area contributed by atoms with Crippen LogP contribution >= 0.6 is 23.2 Å². The summed E-state index contributed by atoms with van der Waals surface area (Å²) in [6, 6.07) is 4.58. The van der Waals surface area contributed by atoms with Crippen molar-refractivity contribution < 1.29 is 18.7 Å². The van der Waals surface area contributed by atoms with Gasteiger partial charge in [0.1, 0.15) is 0 Å². The van der Waals surface area contributed by atoms with Gasteiger partial charge in [-0.25, -0.2) is 0 Å². The molecule has 0 spiro atoms. The lowest BCUT2D eigenvalue weighted by Gasteiger charge is -2.12. The summed E-state index contributed by atoms with van der Waals surface area (Å²) in [6.45, 7) is 0. The van der Waals surface area contributed by atoms with Crippen molar-refractivity contribution in [3.8, 4) is 11.5 Å². The van der Waals surface area contributed by atoms with Gasteiger partial charge in [-0.05, 0) is 17.7 Å². The van der Waals surface area contributed by atoms with E-state index in [-0.39, 0.29) is 10.8 Å². The van der Waals surface area contributed by atoms with E-state index in [2.05, 4.69) is 5.32 Å². The Balaban J connectivity index is 2.30. The number of hydrogen-bond acceptors (Lipinski definition) is 4. The average molecular weight is 316 g/mol. The molecule has 1 aromatic carbocycles. The van der Waals surface area contributed by atoms with Crippen LogP contribution in [-0.4, -0.2) is 20.1 Å². The first-order valence-electron chi connectivity index (χ1n) is 5.52. The van der Waals surface area contributed by atoms with Gasteiger partial charge in [-0.15, -0.1) is 0 Å². The van der Waals surface area contributed by atoms with Gasteiger partial charge in [0.2, 0.25) is 5.22 Å². The smallest absolute Gasteiger partial charge is 0.260 e. The maximum Gasteiger partial charge on any atom is 0.260 e. The summed E-state index contributed by atoms with van der Waals surface area (Å²) in [5.41, 5.74) is 0.601. The average Bonchev–Trinajstić information content (AvgIpc) is 2.86. The number of rotatable bonds is 4. The zero-order valence-corrected chi connectivity index (χ0v) is 12.2. The van der Waals surface area contributed by atoms with Gasteiger partial charge < -0.3 is 19.2 Å². The summed E-state index contributed by atoms with van der Waals surface area (Å²) in [4.78, 5) is 12.0. The SMILES string of the molecule is COc1cc(Cl)c(NC(=O)c2ccoc2Cl)cc1OC. The highest BCUT2D eigenvalue weighted by Gasteiger charge is 2.16. The quantitative estimate of drug-likeness (QED) is 0.930. The summed E-state index contributed by atoms with van der Waals surface area (Å²) in [5.74, 6) is 0.486. The van der Waals surface area contributed by atoms with Gasteiger partial charge in [0, 0.05) is 12.1 Å². The topological polar surface area (TPSA) is 60.7 Å². The molecular formula is C13H11Cl2NO4. The van der Waals surface area contributed by atoms with Crippen molar-refractivity contribution in [2.45, 2.75) is 0 Å². The molecule has 0 atom stereocenters. The Morgan fingerprint density at radius 2 is 1.85 bits per heavy atom. The van der Waals surface area contributed by atoms with Gasteiger partial charge in [-0.1, -0.05) is 11.6 Å². The highest BCUT2D eigenvalue weighted by molar-refractivity contribution is 6.35. The predicted molar refractivity (Wildman–Crippen MR) is 76.2 cm³/mol. The van der Waals surface area contributed by atoms with Gasteiger partial charge >= 0.3 is 0 Å². The van der Waals surface area contributed by atoms with E-state index in [0.717, 1.165) is 0 Å². The lowest BCUT2D eigenvalue weighted by molar-refractivity contribution is 0.102. The second-order valence-electron chi connectivity index (χ2n) is 3.75. The molecule has 2 rings (SSSR count). The van der Waals surface area contributed by atoms with Crippen molar-refractivity contribution in [2.24, 2.45) is 0 Å². The molecule has 0 bridgehead atoms. The molecule has 1 amide bonds. The standard InChI is InChI=1S/C13H11Cl2NO4/c1-18-10-5-8(14)9(6-11(10)19-2)16-13(17)7-3-4-20-12(7)15/h3-6H,1-2H3,(H,16,17). The molecule has 20 heavy (non-hydrogen) atoms. The number of halogens is 2. The molecule has 5 nitrogen and oxygen atoms in total. The number of carbonyl (C=O) groups excluding carboxylic acids is 1. The van der Waals surface area contributed by atoms with E-state index in [1.165, 1.54) is 26.5 Å². The molecule has 1 aromatic heterocycles. The van der Waals surface area contributed by atoms with E-state index in [1.54, 1.807) is 12.1 Å². The molecule has 1 N–H and O–H groups in total. The molecule has 0 saturated heterocycles. The van der Waals surface area contributed by atoms with Crippen molar-refractivity contribution >= 4 is 34.8 Å². The Morgan fingerprint density at radius 1 is 1.20 bits per heavy atom. The van der Waals surface area contributed by atoms with Crippen LogP contribution in [0, 0.1) is 0 Å². The van der Waals surface area contributed by atoms with E-state index < -0.39 is 5.91 Å². The number of methoxy groups -OCH3 is 2. The fourth-order valence-electron chi connectivity index (χ4n) is 1.60. The summed E-state index contributed by atoms with van der Waals surface area (Å²) in [7, 11) is 2.99. The summed E-state index contributed by atoms with van der Waals surface area (Å²) in [6.07, 6.45) is 1.33. The minimum atomic E-state index is -0.433. The van der Waals surface area contributed by atoms with Crippen LogP contribution in [0.4, 0.5) is 5.69 Å². The predicted octanol–water partition coefficient (Wildman–Crippen LogP) is 3.86. The van der Waals surface area contributed by atoms with Crippen molar-refractivity contribution in [1.29, 1.82) is 0 Å². The Morgan fingerprint density at radius 3 is 2.40 bits per heavy atom. The van der Waals surface area contributed by atoms with Gasteiger partial charge in [-0.2, -0.15) is 0 Å². The number of anilines is 1. The molecule has 0 unspecified atom stereocenters. The monoisotopic (exact) mass is 315 g/mol. The van der Waals surface area contributed by atoms with Crippen molar-refractivity contribution in [3.05, 3.63) is 40.3 Å². The van der Waals surface area contributed by atoms with Crippen molar-refractivity contribution in [3.63, 3.8) is 0 Å². The van der Waals surface area contributed by atoms with E-state index in [1.807, 2.05) is 0 Å². The fraction of sp³-hybridized carbons (Fsp3) is 0.154. The molecule has 7 heteroatoms. The number of benzene rings is 1. The maximum absolute atomic E-state index is 12.0. The summed E-state index contributed by atoms with van der Waals surface area (Å²) < 4.78 is 15.1. The molecule has 1 heterocycles. The number of carbonyl (C=O) groups is 1.